The third-order valence-electron chi connectivity index (χ3n) is 3.67. The first kappa shape index (κ1) is 26.6. The van der Waals surface area contributed by atoms with Crippen LogP contribution >= 0.6 is 27.4 Å². The number of rotatable bonds is 4. The standard InChI is InChI=1S/2C12H11P.C2H5.ClH.Ni/c2*1-3-7-11(8-4-1)13-12-9-5-2-6-10-12;1-2;;/h2*1-10,13H;1H2,2H3;1H;/q;;-1;;+1/p-1. The molecule has 0 heterocycles. The van der Waals surface area contributed by atoms with Crippen molar-refractivity contribution in [2.75, 3.05) is 0 Å². The largest absolute Gasteiger partial charge is 0.0622 e. The van der Waals surface area contributed by atoms with Crippen LogP contribution in [0.25, 0.3) is 0 Å². The topological polar surface area (TPSA) is 0 Å². The smallest absolute Gasteiger partial charge is 0.0226 e. The van der Waals surface area contributed by atoms with E-state index in [1.165, 1.54) is 21.2 Å². The maximum absolute atomic E-state index is 4.26. The van der Waals surface area contributed by atoms with Gasteiger partial charge in [0.2, 0.25) is 0 Å². The second kappa shape index (κ2) is 18.3. The number of halogens is 1. The molecule has 0 aliphatic heterocycles. The molecular weight excluding hydrogens is 468 g/mol. The molecule has 0 spiro atoms. The van der Waals surface area contributed by atoms with Gasteiger partial charge in [0.15, 0.2) is 0 Å². The molecule has 0 aromatic heterocycles. The minimum Gasteiger partial charge on any atom is -0.0622 e. The molecular formula is C26H27ClNiP2-. The van der Waals surface area contributed by atoms with Gasteiger partial charge in [-0.05, 0) is 21.2 Å². The van der Waals surface area contributed by atoms with Crippen LogP contribution < -0.4 is 21.2 Å². The summed E-state index contributed by atoms with van der Waals surface area (Å²) in [6, 6.07) is 42.3. The third-order valence-corrected chi connectivity index (χ3v) is 6.16. The fourth-order valence-electron chi connectivity index (χ4n) is 2.42. The van der Waals surface area contributed by atoms with Crippen LogP contribution in [0.2, 0.25) is 0 Å². The van der Waals surface area contributed by atoms with Gasteiger partial charge in [-0.25, -0.2) is 0 Å². The SMILES string of the molecule is [CH2-]C.[Cl][Ni].c1ccc(Pc2ccccc2)cc1.c1ccc(Pc2ccccc2)cc1. The number of hydrogen-bond donors (Lipinski definition) is 0. The molecule has 0 saturated heterocycles. The van der Waals surface area contributed by atoms with Crippen molar-refractivity contribution < 1.29 is 14.6 Å². The van der Waals surface area contributed by atoms with Gasteiger partial charge in [0.1, 0.15) is 0 Å². The summed E-state index contributed by atoms with van der Waals surface area (Å²) in [5.74, 6) is 0. The van der Waals surface area contributed by atoms with E-state index in [0.29, 0.717) is 0 Å². The average molecular weight is 496 g/mol. The Bertz CT molecular complexity index is 722. The van der Waals surface area contributed by atoms with Crippen LogP contribution in [-0.4, -0.2) is 0 Å². The first-order valence-electron chi connectivity index (χ1n) is 9.47. The second-order valence-electron chi connectivity index (χ2n) is 5.71. The van der Waals surface area contributed by atoms with Crippen LogP contribution in [0, 0.1) is 6.92 Å². The minimum atomic E-state index is 0.777. The second-order valence-corrected chi connectivity index (χ2v) is 8.52. The molecule has 0 radical (unpaired) electrons. The van der Waals surface area contributed by atoms with Crippen LogP contribution in [0.15, 0.2) is 121 Å². The van der Waals surface area contributed by atoms with Gasteiger partial charge in [-0.1, -0.05) is 138 Å². The van der Waals surface area contributed by atoms with Gasteiger partial charge < -0.3 is 6.92 Å². The van der Waals surface area contributed by atoms with Crippen LogP contribution in [0.5, 0.6) is 0 Å². The van der Waals surface area contributed by atoms with E-state index >= 15 is 0 Å². The van der Waals surface area contributed by atoms with Gasteiger partial charge in [0.05, 0.1) is 0 Å². The summed E-state index contributed by atoms with van der Waals surface area (Å²) in [4.78, 5) is 0. The van der Waals surface area contributed by atoms with Gasteiger partial charge in [0.25, 0.3) is 0 Å². The Morgan fingerprint density at radius 2 is 0.600 bits per heavy atom. The summed E-state index contributed by atoms with van der Waals surface area (Å²) in [7, 11) is 5.82. The van der Waals surface area contributed by atoms with E-state index in [1.807, 2.05) is 0 Å². The van der Waals surface area contributed by atoms with Crippen molar-refractivity contribution >= 4 is 48.6 Å². The Labute approximate surface area is 197 Å². The summed E-state index contributed by atoms with van der Waals surface area (Å²) < 4.78 is 0. The molecule has 0 nitrogen and oxygen atoms in total. The van der Waals surface area contributed by atoms with Gasteiger partial charge >= 0.3 is 24.8 Å². The van der Waals surface area contributed by atoms with E-state index in [1.54, 1.807) is 6.92 Å². The van der Waals surface area contributed by atoms with Gasteiger partial charge in [-0.15, -0.1) is 0 Å². The molecule has 0 N–H and O–H groups in total. The van der Waals surface area contributed by atoms with E-state index in [0.717, 1.165) is 17.2 Å². The van der Waals surface area contributed by atoms with E-state index in [4.69, 9.17) is 0 Å². The van der Waals surface area contributed by atoms with E-state index in [9.17, 15) is 0 Å². The van der Waals surface area contributed by atoms with Crippen LogP contribution in [0.4, 0.5) is 0 Å². The fraction of sp³-hybridized carbons (Fsp3) is 0.0385. The first-order chi connectivity index (χ1) is 14.9. The Morgan fingerprint density at radius 3 is 0.767 bits per heavy atom. The van der Waals surface area contributed by atoms with Crippen molar-refractivity contribution in [2.24, 2.45) is 0 Å². The number of hydrogen-bond acceptors (Lipinski definition) is 0. The molecule has 0 fully saturated rings. The Balaban J connectivity index is 0.000000258. The summed E-state index contributed by atoms with van der Waals surface area (Å²) in [5.41, 5.74) is 0. The van der Waals surface area contributed by atoms with Crippen molar-refractivity contribution in [1.82, 2.24) is 0 Å². The molecule has 0 amide bonds. The van der Waals surface area contributed by atoms with Crippen molar-refractivity contribution in [3.63, 3.8) is 0 Å². The predicted octanol–water partition coefficient (Wildman–Crippen LogP) is 6.16. The zero-order valence-corrected chi connectivity index (χ0v) is 20.7. The molecule has 0 saturated carbocycles. The van der Waals surface area contributed by atoms with Crippen LogP contribution in [0.1, 0.15) is 6.92 Å². The maximum atomic E-state index is 4.26. The molecule has 159 valence electrons. The minimum absolute atomic E-state index is 0.777. The Kier molecular flexibility index (Phi) is 16.2. The third kappa shape index (κ3) is 11.6. The predicted molar refractivity (Wildman–Crippen MR) is 138 cm³/mol. The summed E-state index contributed by atoms with van der Waals surface area (Å²) in [5, 5.41) is 5.59. The molecule has 4 rings (SSSR count). The average Bonchev–Trinajstić information content (AvgIpc) is 2.85. The van der Waals surface area contributed by atoms with Crippen LogP contribution in [0.3, 0.4) is 0 Å². The first-order valence-corrected chi connectivity index (χ1v) is 12.8. The van der Waals surface area contributed by atoms with Crippen molar-refractivity contribution in [3.05, 3.63) is 128 Å². The maximum Gasteiger partial charge on any atom is -0.0226 e. The van der Waals surface area contributed by atoms with E-state index < -0.39 is 0 Å². The van der Waals surface area contributed by atoms with Gasteiger partial charge in [-0.2, -0.15) is 6.92 Å². The molecule has 0 aliphatic carbocycles. The van der Waals surface area contributed by atoms with Crippen molar-refractivity contribution in [1.29, 1.82) is 0 Å². The Hall–Kier alpha value is -1.48. The van der Waals surface area contributed by atoms with Gasteiger partial charge in [0, 0.05) is 0 Å². The molecule has 0 atom stereocenters. The van der Waals surface area contributed by atoms with Crippen LogP contribution in [-0.2, 0) is 14.6 Å². The molecule has 0 unspecified atom stereocenters. The molecule has 4 aromatic rings. The van der Waals surface area contributed by atoms with E-state index in [-0.39, 0.29) is 0 Å². The summed E-state index contributed by atoms with van der Waals surface area (Å²) in [6.07, 6.45) is 0. The quantitative estimate of drug-likeness (QED) is 0.181. The Morgan fingerprint density at radius 1 is 0.433 bits per heavy atom. The molecule has 0 bridgehead atoms. The van der Waals surface area contributed by atoms with Gasteiger partial charge in [-0.3, -0.25) is 0 Å². The molecule has 0 aliphatic rings. The summed E-state index contributed by atoms with van der Waals surface area (Å²) >= 11 is 3.35. The normalized spacial score (nSPS) is 8.97. The molecule has 4 aromatic carbocycles. The van der Waals surface area contributed by atoms with Crippen molar-refractivity contribution in [3.8, 4) is 0 Å². The van der Waals surface area contributed by atoms with E-state index in [2.05, 4.69) is 153 Å². The molecule has 30 heavy (non-hydrogen) atoms. The zero-order valence-electron chi connectivity index (χ0n) is 16.9. The van der Waals surface area contributed by atoms with Crippen molar-refractivity contribution in [2.45, 2.75) is 6.92 Å². The summed E-state index contributed by atoms with van der Waals surface area (Å²) in [6.45, 7) is 5.00. The zero-order chi connectivity index (χ0) is 21.9. The molecule has 4 heteroatoms. The number of benzene rings is 4. The fourth-order valence-corrected chi connectivity index (χ4v) is 4.52. The monoisotopic (exact) mass is 494 g/mol.